The second-order valence-electron chi connectivity index (χ2n) is 4.34. The minimum absolute atomic E-state index is 0.100. The molecule has 0 spiro atoms. The highest BCUT2D eigenvalue weighted by Gasteiger charge is 2.11. The summed E-state index contributed by atoms with van der Waals surface area (Å²) in [5.74, 6) is 0.785. The Morgan fingerprint density at radius 2 is 1.95 bits per heavy atom. The fraction of sp³-hybridized carbons (Fsp3) is 0.308. The van der Waals surface area contributed by atoms with Crippen LogP contribution in [-0.4, -0.2) is 22.3 Å². The zero-order valence-corrected chi connectivity index (χ0v) is 11.0. The molecule has 0 aliphatic rings. The Bertz CT molecular complexity index is 561. The Morgan fingerprint density at radius 1 is 1.26 bits per heavy atom. The molecule has 0 atom stereocenters. The van der Waals surface area contributed by atoms with Crippen molar-refractivity contribution >= 4 is 11.7 Å². The van der Waals surface area contributed by atoms with Crippen LogP contribution in [0.15, 0.2) is 28.9 Å². The van der Waals surface area contributed by atoms with Crippen molar-refractivity contribution < 1.29 is 14.2 Å². The SMILES string of the molecule is Cc1nonc1NC(=O)c1ccc(OC(C)C)cc1. The molecule has 0 saturated carbocycles. The molecule has 1 aromatic carbocycles. The van der Waals surface area contributed by atoms with Crippen molar-refractivity contribution in [3.05, 3.63) is 35.5 Å². The van der Waals surface area contributed by atoms with Crippen LogP contribution in [0.25, 0.3) is 0 Å². The highest BCUT2D eigenvalue weighted by molar-refractivity contribution is 6.03. The number of hydrogen-bond donors (Lipinski definition) is 1. The number of hydrogen-bond acceptors (Lipinski definition) is 5. The third kappa shape index (κ3) is 3.31. The first-order valence-corrected chi connectivity index (χ1v) is 5.93. The third-order valence-electron chi connectivity index (χ3n) is 2.37. The van der Waals surface area contributed by atoms with Crippen LogP contribution in [0.5, 0.6) is 5.75 Å². The molecule has 1 heterocycles. The monoisotopic (exact) mass is 261 g/mol. The summed E-state index contributed by atoms with van der Waals surface area (Å²) < 4.78 is 10.0. The van der Waals surface area contributed by atoms with Crippen molar-refractivity contribution in [3.8, 4) is 5.75 Å². The number of rotatable bonds is 4. The van der Waals surface area contributed by atoms with Gasteiger partial charge in [0.15, 0.2) is 0 Å². The number of aryl methyl sites for hydroxylation is 1. The van der Waals surface area contributed by atoms with E-state index in [1.807, 2.05) is 13.8 Å². The normalized spacial score (nSPS) is 10.5. The first kappa shape index (κ1) is 13.1. The van der Waals surface area contributed by atoms with Crippen molar-refractivity contribution in [2.45, 2.75) is 26.9 Å². The van der Waals surface area contributed by atoms with Gasteiger partial charge in [0.1, 0.15) is 11.4 Å². The molecule has 19 heavy (non-hydrogen) atoms. The van der Waals surface area contributed by atoms with Crippen LogP contribution in [0.3, 0.4) is 0 Å². The molecule has 1 amide bonds. The molecule has 100 valence electrons. The predicted molar refractivity (Wildman–Crippen MR) is 69.2 cm³/mol. The summed E-state index contributed by atoms with van der Waals surface area (Å²) in [5.41, 5.74) is 1.05. The number of anilines is 1. The average Bonchev–Trinajstić information content (AvgIpc) is 2.75. The topological polar surface area (TPSA) is 77.3 Å². The van der Waals surface area contributed by atoms with Crippen LogP contribution >= 0.6 is 0 Å². The number of nitrogens with one attached hydrogen (secondary N) is 1. The van der Waals surface area contributed by atoms with E-state index in [0.29, 0.717) is 17.1 Å². The van der Waals surface area contributed by atoms with E-state index >= 15 is 0 Å². The van der Waals surface area contributed by atoms with Gasteiger partial charge in [0.2, 0.25) is 5.82 Å². The minimum atomic E-state index is -0.269. The number of ether oxygens (including phenoxy) is 1. The highest BCUT2D eigenvalue weighted by atomic mass is 16.6. The van der Waals surface area contributed by atoms with E-state index < -0.39 is 0 Å². The standard InChI is InChI=1S/C13H15N3O3/c1-8(2)18-11-6-4-10(5-7-11)13(17)14-12-9(3)15-19-16-12/h4-8H,1-3H3,(H,14,16,17). The molecule has 0 radical (unpaired) electrons. The molecular formula is C13H15N3O3. The molecule has 1 aromatic heterocycles. The van der Waals surface area contributed by atoms with Gasteiger partial charge in [-0.15, -0.1) is 0 Å². The van der Waals surface area contributed by atoms with E-state index in [2.05, 4.69) is 20.3 Å². The first-order chi connectivity index (χ1) is 9.06. The van der Waals surface area contributed by atoms with Crippen LogP contribution in [0.1, 0.15) is 29.9 Å². The summed E-state index contributed by atoms with van der Waals surface area (Å²) in [6.07, 6.45) is 0.100. The van der Waals surface area contributed by atoms with Crippen LogP contribution < -0.4 is 10.1 Å². The maximum absolute atomic E-state index is 11.9. The van der Waals surface area contributed by atoms with Gasteiger partial charge in [0.25, 0.3) is 5.91 Å². The third-order valence-corrected chi connectivity index (χ3v) is 2.37. The zero-order valence-electron chi connectivity index (χ0n) is 11.0. The Morgan fingerprint density at radius 3 is 2.47 bits per heavy atom. The Hall–Kier alpha value is -2.37. The van der Waals surface area contributed by atoms with E-state index in [-0.39, 0.29) is 12.0 Å². The summed E-state index contributed by atoms with van der Waals surface area (Å²) in [4.78, 5) is 11.9. The Kier molecular flexibility index (Phi) is 3.79. The number of amides is 1. The van der Waals surface area contributed by atoms with Gasteiger partial charge in [0.05, 0.1) is 6.10 Å². The Labute approximate surface area is 110 Å². The lowest BCUT2D eigenvalue weighted by molar-refractivity contribution is 0.102. The fourth-order valence-electron chi connectivity index (χ4n) is 1.48. The van der Waals surface area contributed by atoms with Crippen LogP contribution in [-0.2, 0) is 0 Å². The number of benzene rings is 1. The van der Waals surface area contributed by atoms with Gasteiger partial charge in [-0.2, -0.15) is 0 Å². The van der Waals surface area contributed by atoms with Crippen molar-refractivity contribution in [3.63, 3.8) is 0 Å². The fourth-order valence-corrected chi connectivity index (χ4v) is 1.48. The molecule has 6 heteroatoms. The molecule has 2 aromatic rings. The quantitative estimate of drug-likeness (QED) is 0.914. The molecule has 1 N–H and O–H groups in total. The van der Waals surface area contributed by atoms with E-state index in [4.69, 9.17) is 4.74 Å². The molecule has 0 bridgehead atoms. The summed E-state index contributed by atoms with van der Waals surface area (Å²) in [7, 11) is 0. The van der Waals surface area contributed by atoms with Gasteiger partial charge in [-0.05, 0) is 50.2 Å². The molecule has 0 aliphatic carbocycles. The smallest absolute Gasteiger partial charge is 0.256 e. The Balaban J connectivity index is 2.05. The van der Waals surface area contributed by atoms with Crippen LogP contribution in [0, 0.1) is 6.92 Å². The highest BCUT2D eigenvalue weighted by Crippen LogP contribution is 2.15. The van der Waals surface area contributed by atoms with Gasteiger partial charge >= 0.3 is 0 Å². The molecule has 6 nitrogen and oxygen atoms in total. The maximum Gasteiger partial charge on any atom is 0.256 e. The van der Waals surface area contributed by atoms with Crippen LogP contribution in [0.4, 0.5) is 5.82 Å². The molecule has 0 aliphatic heterocycles. The molecule has 0 unspecified atom stereocenters. The van der Waals surface area contributed by atoms with E-state index in [1.165, 1.54) is 0 Å². The van der Waals surface area contributed by atoms with E-state index in [0.717, 1.165) is 5.75 Å². The lowest BCUT2D eigenvalue weighted by Crippen LogP contribution is -2.13. The second kappa shape index (κ2) is 5.51. The van der Waals surface area contributed by atoms with Gasteiger partial charge < -0.3 is 10.1 Å². The number of carbonyl (C=O) groups excluding carboxylic acids is 1. The summed E-state index contributed by atoms with van der Waals surface area (Å²) in [5, 5.41) is 9.80. The van der Waals surface area contributed by atoms with Crippen molar-refractivity contribution in [1.29, 1.82) is 0 Å². The van der Waals surface area contributed by atoms with Crippen LogP contribution in [0.2, 0.25) is 0 Å². The van der Waals surface area contributed by atoms with Gasteiger partial charge in [-0.25, -0.2) is 4.63 Å². The minimum Gasteiger partial charge on any atom is -0.491 e. The lowest BCUT2D eigenvalue weighted by Gasteiger charge is -2.09. The second-order valence-corrected chi connectivity index (χ2v) is 4.34. The molecule has 0 fully saturated rings. The predicted octanol–water partition coefficient (Wildman–Crippen LogP) is 2.42. The molecule has 0 saturated heterocycles. The summed E-state index contributed by atoms with van der Waals surface area (Å²) >= 11 is 0. The lowest BCUT2D eigenvalue weighted by atomic mass is 10.2. The van der Waals surface area contributed by atoms with Gasteiger partial charge in [-0.1, -0.05) is 5.16 Å². The van der Waals surface area contributed by atoms with E-state index in [9.17, 15) is 4.79 Å². The van der Waals surface area contributed by atoms with Crippen molar-refractivity contribution in [2.24, 2.45) is 0 Å². The number of aromatic nitrogens is 2. The maximum atomic E-state index is 11.9. The summed E-state index contributed by atoms with van der Waals surface area (Å²) in [6.45, 7) is 5.59. The van der Waals surface area contributed by atoms with Crippen molar-refractivity contribution in [2.75, 3.05) is 5.32 Å². The van der Waals surface area contributed by atoms with Crippen molar-refractivity contribution in [1.82, 2.24) is 10.3 Å². The number of nitrogens with zero attached hydrogens (tertiary/aromatic N) is 2. The first-order valence-electron chi connectivity index (χ1n) is 5.93. The zero-order chi connectivity index (χ0) is 13.8. The summed E-state index contributed by atoms with van der Waals surface area (Å²) in [6, 6.07) is 6.89. The molecule has 2 rings (SSSR count). The van der Waals surface area contributed by atoms with Gasteiger partial charge in [0, 0.05) is 5.56 Å². The largest absolute Gasteiger partial charge is 0.491 e. The van der Waals surface area contributed by atoms with E-state index in [1.54, 1.807) is 31.2 Å². The average molecular weight is 261 g/mol. The number of carbonyl (C=O) groups is 1. The molecular weight excluding hydrogens is 246 g/mol. The van der Waals surface area contributed by atoms with Gasteiger partial charge in [-0.3, -0.25) is 4.79 Å².